The second-order valence-corrected chi connectivity index (χ2v) is 7.10. The molecule has 0 aromatic carbocycles. The largest absolute Gasteiger partial charge is 0.466 e. The molecule has 0 saturated heterocycles. The fraction of sp³-hybridized carbons (Fsp3) is 0.905. The highest BCUT2D eigenvalue weighted by Gasteiger charge is 2.07. The molecule has 0 spiro atoms. The van der Waals surface area contributed by atoms with Gasteiger partial charge in [0.1, 0.15) is 0 Å². The zero-order valence-corrected chi connectivity index (χ0v) is 16.8. The van der Waals surface area contributed by atoms with E-state index >= 15 is 0 Å². The van der Waals surface area contributed by atoms with Gasteiger partial charge in [0.25, 0.3) is 0 Å². The molecule has 0 radical (unpaired) electrons. The Kier molecular flexibility index (Phi) is 17.0. The normalized spacial score (nSPS) is 12.0. The minimum atomic E-state index is -0.123. The number of unbranched alkanes of at least 4 members (excludes halogenated alkanes) is 8. The Balaban J connectivity index is 3.34. The van der Waals surface area contributed by atoms with Gasteiger partial charge in [0.15, 0.2) is 0 Å². The first kappa shape index (κ1) is 23.9. The van der Waals surface area contributed by atoms with Crippen molar-refractivity contribution < 1.29 is 19.1 Å². The van der Waals surface area contributed by atoms with E-state index < -0.39 is 0 Å². The molecular weight excluding hydrogens is 316 g/mol. The summed E-state index contributed by atoms with van der Waals surface area (Å²) >= 11 is 0. The monoisotopic (exact) mass is 356 g/mol. The fourth-order valence-electron chi connectivity index (χ4n) is 2.46. The molecule has 0 aliphatic carbocycles. The van der Waals surface area contributed by atoms with Gasteiger partial charge < -0.3 is 9.47 Å². The molecule has 4 nitrogen and oxygen atoms in total. The Morgan fingerprint density at radius 3 is 1.84 bits per heavy atom. The predicted molar refractivity (Wildman–Crippen MR) is 102 cm³/mol. The van der Waals surface area contributed by atoms with Crippen molar-refractivity contribution in [2.45, 2.75) is 104 Å². The van der Waals surface area contributed by atoms with Crippen LogP contribution in [-0.2, 0) is 19.1 Å². The lowest BCUT2D eigenvalue weighted by molar-refractivity contribution is -0.145. The van der Waals surface area contributed by atoms with Crippen LogP contribution in [0.5, 0.6) is 0 Å². The molecule has 0 heterocycles. The van der Waals surface area contributed by atoms with Gasteiger partial charge in [0.05, 0.1) is 13.2 Å². The van der Waals surface area contributed by atoms with Crippen molar-refractivity contribution in [1.82, 2.24) is 0 Å². The summed E-state index contributed by atoms with van der Waals surface area (Å²) < 4.78 is 10.4. The topological polar surface area (TPSA) is 52.6 Å². The van der Waals surface area contributed by atoms with Gasteiger partial charge in [-0.3, -0.25) is 9.59 Å². The third-order valence-corrected chi connectivity index (χ3v) is 4.50. The van der Waals surface area contributed by atoms with Crippen LogP contribution in [0.1, 0.15) is 104 Å². The Hall–Kier alpha value is -1.06. The first-order valence-electron chi connectivity index (χ1n) is 10.4. The summed E-state index contributed by atoms with van der Waals surface area (Å²) in [4.78, 5) is 23.1. The summed E-state index contributed by atoms with van der Waals surface area (Å²) in [7, 11) is 0. The molecule has 1 atom stereocenters. The molecule has 0 aromatic heterocycles. The van der Waals surface area contributed by atoms with Gasteiger partial charge in [-0.1, -0.05) is 72.1 Å². The number of ether oxygens (including phenoxy) is 2. The smallest absolute Gasteiger partial charge is 0.305 e. The second-order valence-electron chi connectivity index (χ2n) is 7.10. The van der Waals surface area contributed by atoms with E-state index in [1.165, 1.54) is 32.1 Å². The van der Waals surface area contributed by atoms with E-state index in [-0.39, 0.29) is 11.9 Å². The Labute approximate surface area is 155 Å². The van der Waals surface area contributed by atoms with Gasteiger partial charge in [-0.05, 0) is 25.2 Å². The van der Waals surface area contributed by atoms with Crippen LogP contribution in [0.2, 0.25) is 0 Å². The lowest BCUT2D eigenvalue weighted by Gasteiger charge is -2.09. The molecular formula is C21H40O4. The van der Waals surface area contributed by atoms with E-state index in [2.05, 4.69) is 20.8 Å². The van der Waals surface area contributed by atoms with Crippen molar-refractivity contribution in [2.24, 2.45) is 5.92 Å². The summed E-state index contributed by atoms with van der Waals surface area (Å²) in [6.45, 7) is 7.45. The number of hydrogen-bond donors (Lipinski definition) is 0. The van der Waals surface area contributed by atoms with Crippen molar-refractivity contribution >= 4 is 11.9 Å². The number of carbonyl (C=O) groups excluding carboxylic acids is 2. The second kappa shape index (κ2) is 17.8. The molecule has 0 aromatic rings. The first-order valence-corrected chi connectivity index (χ1v) is 10.4. The van der Waals surface area contributed by atoms with E-state index in [4.69, 9.17) is 9.47 Å². The molecule has 0 aliphatic rings. The van der Waals surface area contributed by atoms with Crippen LogP contribution in [-0.4, -0.2) is 25.2 Å². The minimum absolute atomic E-state index is 0.106. The summed E-state index contributed by atoms with van der Waals surface area (Å²) in [6.07, 6.45) is 12.9. The maximum atomic E-state index is 11.6. The molecule has 0 fully saturated rings. The standard InChI is InChI=1S/C21H40O4/c1-4-6-7-8-9-10-14-17-24-20(22)15-12-11-13-16-21(23)25-18-19(3)5-2/h19H,4-18H2,1-3H3. The number of hydrogen-bond acceptors (Lipinski definition) is 4. The highest BCUT2D eigenvalue weighted by atomic mass is 16.5. The number of esters is 2. The lowest BCUT2D eigenvalue weighted by Crippen LogP contribution is -2.11. The first-order chi connectivity index (χ1) is 12.1. The van der Waals surface area contributed by atoms with Gasteiger partial charge in [0.2, 0.25) is 0 Å². The molecule has 0 N–H and O–H groups in total. The summed E-state index contributed by atoms with van der Waals surface area (Å²) in [5.74, 6) is 0.196. The number of rotatable bonds is 17. The highest BCUT2D eigenvalue weighted by molar-refractivity contribution is 5.69. The van der Waals surface area contributed by atoms with Crippen LogP contribution in [0.25, 0.3) is 0 Å². The van der Waals surface area contributed by atoms with Gasteiger partial charge in [-0.2, -0.15) is 0 Å². The fourth-order valence-corrected chi connectivity index (χ4v) is 2.46. The summed E-state index contributed by atoms with van der Waals surface area (Å²) in [5, 5.41) is 0. The van der Waals surface area contributed by atoms with Crippen molar-refractivity contribution in [3.8, 4) is 0 Å². The molecule has 0 saturated carbocycles. The third kappa shape index (κ3) is 17.6. The van der Waals surface area contributed by atoms with Crippen molar-refractivity contribution in [2.75, 3.05) is 13.2 Å². The molecule has 4 heteroatoms. The highest BCUT2D eigenvalue weighted by Crippen LogP contribution is 2.09. The molecule has 0 rings (SSSR count). The lowest BCUT2D eigenvalue weighted by atomic mass is 10.1. The number of carbonyl (C=O) groups is 2. The van der Waals surface area contributed by atoms with E-state index in [9.17, 15) is 9.59 Å². The van der Waals surface area contributed by atoms with Crippen molar-refractivity contribution in [1.29, 1.82) is 0 Å². The molecule has 0 amide bonds. The zero-order valence-electron chi connectivity index (χ0n) is 16.8. The van der Waals surface area contributed by atoms with E-state index in [0.717, 1.165) is 38.5 Å². The van der Waals surface area contributed by atoms with Crippen LogP contribution in [0.15, 0.2) is 0 Å². The van der Waals surface area contributed by atoms with E-state index in [0.29, 0.717) is 32.0 Å². The molecule has 0 aliphatic heterocycles. The van der Waals surface area contributed by atoms with Crippen LogP contribution in [0.4, 0.5) is 0 Å². The Bertz CT molecular complexity index is 328. The summed E-state index contributed by atoms with van der Waals surface area (Å²) in [5.41, 5.74) is 0. The predicted octanol–water partition coefficient (Wildman–Crippen LogP) is 5.82. The van der Waals surface area contributed by atoms with Gasteiger partial charge in [0, 0.05) is 12.8 Å². The SMILES string of the molecule is CCCCCCCCCOC(=O)CCCCCC(=O)OCC(C)CC. The van der Waals surface area contributed by atoms with Crippen LogP contribution in [0, 0.1) is 5.92 Å². The van der Waals surface area contributed by atoms with Crippen molar-refractivity contribution in [3.63, 3.8) is 0 Å². The maximum Gasteiger partial charge on any atom is 0.305 e. The summed E-state index contributed by atoms with van der Waals surface area (Å²) in [6, 6.07) is 0. The molecule has 148 valence electrons. The molecule has 0 bridgehead atoms. The van der Waals surface area contributed by atoms with Crippen LogP contribution < -0.4 is 0 Å². The van der Waals surface area contributed by atoms with Gasteiger partial charge >= 0.3 is 11.9 Å². The molecule has 25 heavy (non-hydrogen) atoms. The Morgan fingerprint density at radius 2 is 1.24 bits per heavy atom. The van der Waals surface area contributed by atoms with Crippen molar-refractivity contribution in [3.05, 3.63) is 0 Å². The molecule has 1 unspecified atom stereocenters. The van der Waals surface area contributed by atoms with Crippen LogP contribution >= 0.6 is 0 Å². The minimum Gasteiger partial charge on any atom is -0.466 e. The zero-order chi connectivity index (χ0) is 18.8. The quantitative estimate of drug-likeness (QED) is 0.243. The van der Waals surface area contributed by atoms with E-state index in [1.807, 2.05) is 0 Å². The average Bonchev–Trinajstić information content (AvgIpc) is 2.61. The van der Waals surface area contributed by atoms with E-state index in [1.54, 1.807) is 0 Å². The third-order valence-electron chi connectivity index (χ3n) is 4.50. The maximum absolute atomic E-state index is 11.6. The Morgan fingerprint density at radius 1 is 0.720 bits per heavy atom. The van der Waals surface area contributed by atoms with Gasteiger partial charge in [-0.15, -0.1) is 0 Å². The average molecular weight is 357 g/mol. The van der Waals surface area contributed by atoms with Crippen LogP contribution in [0.3, 0.4) is 0 Å². The van der Waals surface area contributed by atoms with Gasteiger partial charge in [-0.25, -0.2) is 0 Å².